The fraction of sp³-hybridized carbons (Fsp3) is 0.622. The Hall–Kier alpha value is -3.18. The van der Waals surface area contributed by atoms with Crippen LogP contribution in [0.5, 0.6) is 11.5 Å². The van der Waals surface area contributed by atoms with E-state index in [1.165, 1.54) is 0 Å². The number of aliphatic hydroxyl groups is 4. The molecule has 2 aromatic rings. The number of aliphatic hydroxyl groups excluding tert-OH is 4. The normalized spacial score (nSPS) is 15.1. The van der Waals surface area contributed by atoms with Crippen LogP contribution in [0.25, 0.3) is 0 Å². The van der Waals surface area contributed by atoms with E-state index in [0.29, 0.717) is 18.4 Å². The van der Waals surface area contributed by atoms with Gasteiger partial charge in [-0.1, -0.05) is 86.6 Å². The number of ether oxygens (including phenoxy) is 2. The number of phenolic OH excluding ortho intramolecular Hbond substituents is 2. The summed E-state index contributed by atoms with van der Waals surface area (Å²) in [6.45, 7) is 18.5. The van der Waals surface area contributed by atoms with Gasteiger partial charge in [0.05, 0.1) is 0 Å². The Morgan fingerprint density at radius 1 is 0.596 bits per heavy atom. The average Bonchev–Trinajstić information content (AvgIpc) is 2.95. The average molecular weight is 661 g/mol. The highest BCUT2D eigenvalue weighted by atomic mass is 16.5. The van der Waals surface area contributed by atoms with Crippen LogP contribution in [-0.4, -0.2) is 80.2 Å². The summed E-state index contributed by atoms with van der Waals surface area (Å²) >= 11 is 0. The third kappa shape index (κ3) is 11.5. The number of rotatable bonds is 13. The fourth-order valence-electron chi connectivity index (χ4n) is 5.20. The first-order valence-electron chi connectivity index (χ1n) is 16.2. The maximum atomic E-state index is 12.5. The second-order valence-electron chi connectivity index (χ2n) is 15.6. The molecule has 0 heterocycles. The summed E-state index contributed by atoms with van der Waals surface area (Å²) < 4.78 is 10.2. The Kier molecular flexibility index (Phi) is 13.5. The van der Waals surface area contributed by atoms with E-state index in [9.17, 15) is 40.2 Å². The Morgan fingerprint density at radius 3 is 1.26 bits per heavy atom. The highest BCUT2D eigenvalue weighted by Gasteiger charge is 2.32. The third-order valence-corrected chi connectivity index (χ3v) is 8.16. The first-order valence-corrected chi connectivity index (χ1v) is 16.2. The SMILES string of the molecule is Cc1cc(CCC(=O)OCC(O)C(O)C(O)C(O)COC(=O)CCc2cc(C(C)(C)C)c(O)c(C(C)(C)C)c2)cc(C(C)(C)C)c1O. The largest absolute Gasteiger partial charge is 0.507 e. The zero-order chi connectivity index (χ0) is 36.1. The summed E-state index contributed by atoms with van der Waals surface area (Å²) in [5, 5.41) is 62.6. The Labute approximate surface area is 279 Å². The lowest BCUT2D eigenvalue weighted by atomic mass is 9.78. The molecule has 0 radical (unpaired) electrons. The minimum atomic E-state index is -1.88. The van der Waals surface area contributed by atoms with Crippen LogP contribution >= 0.6 is 0 Å². The van der Waals surface area contributed by atoms with E-state index < -0.39 is 49.6 Å². The van der Waals surface area contributed by atoms with Gasteiger partial charge in [0, 0.05) is 12.8 Å². The number of carbonyl (C=O) groups excluding carboxylic acids is 2. The van der Waals surface area contributed by atoms with Gasteiger partial charge in [-0.25, -0.2) is 0 Å². The van der Waals surface area contributed by atoms with Crippen molar-refractivity contribution in [3.05, 3.63) is 57.6 Å². The number of hydrogen-bond acceptors (Lipinski definition) is 10. The van der Waals surface area contributed by atoms with E-state index in [4.69, 9.17) is 9.47 Å². The van der Waals surface area contributed by atoms with Crippen LogP contribution < -0.4 is 0 Å². The molecule has 2 aromatic carbocycles. The highest BCUT2D eigenvalue weighted by molar-refractivity contribution is 5.70. The first kappa shape index (κ1) is 40.0. The van der Waals surface area contributed by atoms with Crippen molar-refractivity contribution in [3.8, 4) is 11.5 Å². The van der Waals surface area contributed by atoms with E-state index in [1.807, 2.05) is 80.5 Å². The van der Waals surface area contributed by atoms with Crippen molar-refractivity contribution in [2.24, 2.45) is 0 Å². The topological polar surface area (TPSA) is 174 Å². The molecule has 0 aliphatic heterocycles. The van der Waals surface area contributed by atoms with Crippen molar-refractivity contribution in [1.29, 1.82) is 0 Å². The van der Waals surface area contributed by atoms with Crippen LogP contribution in [0.1, 0.15) is 109 Å². The van der Waals surface area contributed by atoms with E-state index in [0.717, 1.165) is 27.8 Å². The van der Waals surface area contributed by atoms with Gasteiger partial charge in [-0.05, 0) is 69.4 Å². The number of aromatic hydroxyl groups is 2. The molecule has 0 aliphatic carbocycles. The summed E-state index contributed by atoms with van der Waals surface area (Å²) in [5.41, 5.74) is 3.73. The van der Waals surface area contributed by atoms with Crippen LogP contribution in [-0.2, 0) is 48.1 Å². The van der Waals surface area contributed by atoms with Crippen LogP contribution in [0.15, 0.2) is 24.3 Å². The number of carbonyl (C=O) groups is 2. The van der Waals surface area contributed by atoms with Gasteiger partial charge >= 0.3 is 11.9 Å². The molecule has 6 N–H and O–H groups in total. The van der Waals surface area contributed by atoms with Crippen molar-refractivity contribution in [2.45, 2.75) is 136 Å². The molecule has 0 fully saturated rings. The zero-order valence-electron chi connectivity index (χ0n) is 29.7. The first-order chi connectivity index (χ1) is 21.4. The molecule has 4 atom stereocenters. The van der Waals surface area contributed by atoms with Crippen LogP contribution in [0.2, 0.25) is 0 Å². The predicted octanol–water partition coefficient (Wildman–Crippen LogP) is 4.39. The van der Waals surface area contributed by atoms with E-state index in [-0.39, 0.29) is 40.6 Å². The van der Waals surface area contributed by atoms with E-state index in [1.54, 1.807) is 13.0 Å². The maximum absolute atomic E-state index is 12.5. The number of phenols is 2. The molecule has 0 saturated heterocycles. The quantitative estimate of drug-likeness (QED) is 0.169. The monoisotopic (exact) mass is 660 g/mol. The van der Waals surface area contributed by atoms with Gasteiger partial charge in [-0.3, -0.25) is 9.59 Å². The molecule has 264 valence electrons. The molecule has 0 aromatic heterocycles. The predicted molar refractivity (Wildman–Crippen MR) is 180 cm³/mol. The van der Waals surface area contributed by atoms with Crippen molar-refractivity contribution < 1.29 is 49.7 Å². The van der Waals surface area contributed by atoms with Crippen molar-refractivity contribution in [1.82, 2.24) is 0 Å². The molecule has 10 nitrogen and oxygen atoms in total. The number of esters is 2. The van der Waals surface area contributed by atoms with Crippen molar-refractivity contribution in [3.63, 3.8) is 0 Å². The van der Waals surface area contributed by atoms with Gasteiger partial charge in [-0.15, -0.1) is 0 Å². The summed E-state index contributed by atoms with van der Waals surface area (Å²) in [4.78, 5) is 24.8. The van der Waals surface area contributed by atoms with Crippen molar-refractivity contribution in [2.75, 3.05) is 13.2 Å². The van der Waals surface area contributed by atoms with Gasteiger partial charge < -0.3 is 40.1 Å². The van der Waals surface area contributed by atoms with E-state index >= 15 is 0 Å². The molecule has 0 spiro atoms. The highest BCUT2D eigenvalue weighted by Crippen LogP contribution is 2.40. The second-order valence-corrected chi connectivity index (χ2v) is 15.6. The smallest absolute Gasteiger partial charge is 0.306 e. The Morgan fingerprint density at radius 2 is 0.915 bits per heavy atom. The molecule has 4 unspecified atom stereocenters. The fourth-order valence-corrected chi connectivity index (χ4v) is 5.20. The second kappa shape index (κ2) is 15.8. The molecule has 47 heavy (non-hydrogen) atoms. The lowest BCUT2D eigenvalue weighted by Crippen LogP contribution is -2.48. The number of benzene rings is 2. The van der Waals surface area contributed by atoms with E-state index in [2.05, 4.69) is 0 Å². The lowest BCUT2D eigenvalue weighted by Gasteiger charge is -2.28. The minimum absolute atomic E-state index is 0.0169. The molecular formula is C37H56O10. The molecule has 0 bridgehead atoms. The van der Waals surface area contributed by atoms with Crippen LogP contribution in [0.4, 0.5) is 0 Å². The Bertz CT molecular complexity index is 1340. The maximum Gasteiger partial charge on any atom is 0.306 e. The van der Waals surface area contributed by atoms with Gasteiger partial charge in [0.2, 0.25) is 0 Å². The standard InChI is InChI=1S/C37H56O10/c1-21-15-22(16-24(31(21)42)35(2,3)4)11-13-29(40)46-19-27(38)33(44)34(45)28(39)20-47-30(41)14-12-23-17-25(36(5,6)7)32(43)26(18-23)37(8,9)10/h15-18,27-28,33-34,38-39,42-45H,11-14,19-20H2,1-10H3. The van der Waals surface area contributed by atoms with Gasteiger partial charge in [0.1, 0.15) is 49.1 Å². The summed E-state index contributed by atoms with van der Waals surface area (Å²) in [6, 6.07) is 7.38. The molecule has 0 aliphatic rings. The van der Waals surface area contributed by atoms with Gasteiger partial charge in [-0.2, -0.15) is 0 Å². The molecular weight excluding hydrogens is 604 g/mol. The van der Waals surface area contributed by atoms with Crippen molar-refractivity contribution >= 4 is 11.9 Å². The van der Waals surface area contributed by atoms with Crippen LogP contribution in [0, 0.1) is 6.92 Å². The minimum Gasteiger partial charge on any atom is -0.507 e. The molecule has 0 amide bonds. The van der Waals surface area contributed by atoms with Gasteiger partial charge in [0.15, 0.2) is 0 Å². The summed E-state index contributed by atoms with van der Waals surface area (Å²) in [5.74, 6) is -0.819. The molecule has 2 rings (SSSR count). The molecule has 0 saturated carbocycles. The number of hydrogen-bond donors (Lipinski definition) is 6. The third-order valence-electron chi connectivity index (χ3n) is 8.16. The summed E-state index contributed by atoms with van der Waals surface area (Å²) in [6.07, 6.45) is -6.56. The summed E-state index contributed by atoms with van der Waals surface area (Å²) in [7, 11) is 0. The molecule has 10 heteroatoms. The lowest BCUT2D eigenvalue weighted by molar-refractivity contribution is -0.162. The Balaban J connectivity index is 1.86. The number of aryl methyl sites for hydroxylation is 3. The zero-order valence-corrected chi connectivity index (χ0v) is 29.7. The van der Waals surface area contributed by atoms with Gasteiger partial charge in [0.25, 0.3) is 0 Å². The van der Waals surface area contributed by atoms with Crippen LogP contribution in [0.3, 0.4) is 0 Å².